The maximum absolute atomic E-state index is 6.80. The molecule has 3 aromatic heterocycles. The second-order valence-electron chi connectivity index (χ2n) is 15.6. The van der Waals surface area contributed by atoms with Crippen LogP contribution in [0.3, 0.4) is 0 Å². The molecule has 10 aromatic carbocycles. The summed E-state index contributed by atoms with van der Waals surface area (Å²) in [4.78, 5) is 15.9. The zero-order valence-electron chi connectivity index (χ0n) is 32.2. The van der Waals surface area contributed by atoms with Crippen LogP contribution in [0.25, 0.3) is 127 Å². The number of aromatic nitrogens is 4. The van der Waals surface area contributed by atoms with Crippen molar-refractivity contribution in [3.05, 3.63) is 194 Å². The molecule has 5 nitrogen and oxygen atoms in total. The van der Waals surface area contributed by atoms with Crippen LogP contribution in [0.5, 0.6) is 0 Å². The zero-order valence-corrected chi connectivity index (χ0v) is 32.2. The van der Waals surface area contributed by atoms with Crippen LogP contribution in [0.15, 0.2) is 199 Å². The Hall–Kier alpha value is -8.15. The van der Waals surface area contributed by atoms with Gasteiger partial charge in [-0.1, -0.05) is 158 Å². The fraction of sp³-hybridized carbons (Fsp3) is 0. The molecule has 0 radical (unpaired) electrons. The minimum atomic E-state index is 0.594. The molecule has 13 aromatic rings. The lowest BCUT2D eigenvalue weighted by atomic mass is 9.97. The number of hydrogen-bond donors (Lipinski definition) is 0. The quantitative estimate of drug-likeness (QED) is 0.179. The first-order valence-electron chi connectivity index (χ1n) is 20.3. The average molecular weight is 765 g/mol. The van der Waals surface area contributed by atoms with E-state index >= 15 is 0 Å². The molecule has 13 rings (SSSR count). The van der Waals surface area contributed by atoms with E-state index in [1.165, 1.54) is 37.8 Å². The highest BCUT2D eigenvalue weighted by molar-refractivity contribution is 6.23. The lowest BCUT2D eigenvalue weighted by Crippen LogP contribution is -2.01. The Kier molecular flexibility index (Phi) is 6.95. The number of rotatable bonds is 4. The van der Waals surface area contributed by atoms with E-state index in [9.17, 15) is 0 Å². The Bertz CT molecular complexity index is 3890. The van der Waals surface area contributed by atoms with Crippen LogP contribution >= 0.6 is 0 Å². The van der Waals surface area contributed by atoms with Gasteiger partial charge in [-0.25, -0.2) is 15.0 Å². The third kappa shape index (κ3) is 4.90. The van der Waals surface area contributed by atoms with Crippen LogP contribution in [-0.2, 0) is 0 Å². The maximum atomic E-state index is 6.80. The van der Waals surface area contributed by atoms with Gasteiger partial charge in [0.25, 0.3) is 0 Å². The maximum Gasteiger partial charge on any atom is 0.165 e. The van der Waals surface area contributed by atoms with E-state index in [0.29, 0.717) is 17.5 Å². The Morgan fingerprint density at radius 3 is 1.85 bits per heavy atom. The van der Waals surface area contributed by atoms with Gasteiger partial charge in [-0.05, 0) is 74.1 Å². The summed E-state index contributed by atoms with van der Waals surface area (Å²) >= 11 is 0. The predicted molar refractivity (Wildman–Crippen MR) is 248 cm³/mol. The van der Waals surface area contributed by atoms with Crippen LogP contribution in [0, 0.1) is 0 Å². The molecule has 0 saturated carbocycles. The lowest BCUT2D eigenvalue weighted by molar-refractivity contribution is 0.669. The molecule has 0 aliphatic rings. The van der Waals surface area contributed by atoms with Crippen molar-refractivity contribution in [1.29, 1.82) is 0 Å². The highest BCUT2D eigenvalue weighted by atomic mass is 16.3. The highest BCUT2D eigenvalue weighted by Crippen LogP contribution is 2.44. The Morgan fingerprint density at radius 2 is 1.02 bits per heavy atom. The van der Waals surface area contributed by atoms with Gasteiger partial charge in [0.05, 0.1) is 11.0 Å². The molecular formula is C55H32N4O. The molecule has 5 heteroatoms. The van der Waals surface area contributed by atoms with E-state index in [0.717, 1.165) is 71.4 Å². The monoisotopic (exact) mass is 764 g/mol. The van der Waals surface area contributed by atoms with E-state index in [2.05, 4.69) is 180 Å². The molecule has 0 spiro atoms. The Balaban J connectivity index is 1.14. The standard InChI is InChI=1S/C55H32N4O/c1-2-15-35(16-3-1)53-56-54(44-24-12-20-33-13-6-9-21-40(33)44)58-55(57-53)51-41-22-10-8-19-38(41)31-49-50(51)46-32-39(26-28-48(46)60-49)59-47-30-37-18-5-4-17-36(37)29-45(47)43-27-25-34-14-7-11-23-42(34)52(43)59/h1-32H. The van der Waals surface area contributed by atoms with Gasteiger partial charge in [0.15, 0.2) is 17.5 Å². The molecule has 60 heavy (non-hydrogen) atoms. The summed E-state index contributed by atoms with van der Waals surface area (Å²) < 4.78 is 9.24. The van der Waals surface area contributed by atoms with Gasteiger partial charge in [-0.2, -0.15) is 0 Å². The van der Waals surface area contributed by atoms with Crippen molar-refractivity contribution in [2.75, 3.05) is 0 Å². The van der Waals surface area contributed by atoms with Crippen LogP contribution in [-0.4, -0.2) is 19.5 Å². The van der Waals surface area contributed by atoms with Crippen molar-refractivity contribution >= 4 is 86.8 Å². The second-order valence-corrected chi connectivity index (χ2v) is 15.6. The fourth-order valence-corrected chi connectivity index (χ4v) is 9.44. The topological polar surface area (TPSA) is 56.7 Å². The summed E-state index contributed by atoms with van der Waals surface area (Å²) in [5.41, 5.74) is 7.76. The lowest BCUT2D eigenvalue weighted by Gasteiger charge is -2.13. The van der Waals surface area contributed by atoms with E-state index in [1.54, 1.807) is 0 Å². The summed E-state index contributed by atoms with van der Waals surface area (Å²) in [6, 6.07) is 68.6. The number of nitrogens with zero attached hydrogens (tertiary/aromatic N) is 4. The molecule has 0 N–H and O–H groups in total. The third-order valence-electron chi connectivity index (χ3n) is 12.2. The first-order chi connectivity index (χ1) is 29.7. The van der Waals surface area contributed by atoms with Crippen LogP contribution in [0.2, 0.25) is 0 Å². The van der Waals surface area contributed by atoms with Crippen molar-refractivity contribution in [3.8, 4) is 39.9 Å². The molecule has 0 aliphatic heterocycles. The van der Waals surface area contributed by atoms with E-state index in [1.807, 2.05) is 18.2 Å². The molecule has 0 unspecified atom stereocenters. The van der Waals surface area contributed by atoms with Crippen LogP contribution in [0.4, 0.5) is 0 Å². The minimum Gasteiger partial charge on any atom is -0.456 e. The van der Waals surface area contributed by atoms with Gasteiger partial charge in [0, 0.05) is 49.3 Å². The van der Waals surface area contributed by atoms with Crippen LogP contribution < -0.4 is 0 Å². The predicted octanol–water partition coefficient (Wildman–Crippen LogP) is 14.5. The van der Waals surface area contributed by atoms with Crippen molar-refractivity contribution in [3.63, 3.8) is 0 Å². The van der Waals surface area contributed by atoms with Gasteiger partial charge in [0.2, 0.25) is 0 Å². The summed E-state index contributed by atoms with van der Waals surface area (Å²) in [6.45, 7) is 0. The Labute approximate surface area is 343 Å². The molecule has 0 amide bonds. The zero-order chi connectivity index (χ0) is 39.3. The summed E-state index contributed by atoms with van der Waals surface area (Å²) in [5.74, 6) is 1.83. The molecular weight excluding hydrogens is 733 g/mol. The van der Waals surface area contributed by atoms with Gasteiger partial charge < -0.3 is 8.98 Å². The molecule has 278 valence electrons. The average Bonchev–Trinajstić information content (AvgIpc) is 3.84. The summed E-state index contributed by atoms with van der Waals surface area (Å²) in [7, 11) is 0. The molecule has 0 aliphatic carbocycles. The van der Waals surface area contributed by atoms with E-state index in [4.69, 9.17) is 19.4 Å². The van der Waals surface area contributed by atoms with Crippen LogP contribution in [0.1, 0.15) is 0 Å². The number of hydrogen-bond acceptors (Lipinski definition) is 4. The largest absolute Gasteiger partial charge is 0.456 e. The Morgan fingerprint density at radius 1 is 0.367 bits per heavy atom. The minimum absolute atomic E-state index is 0.594. The van der Waals surface area contributed by atoms with Crippen molar-refractivity contribution in [1.82, 2.24) is 19.5 Å². The first-order valence-corrected chi connectivity index (χ1v) is 20.3. The molecule has 0 bridgehead atoms. The fourth-order valence-electron chi connectivity index (χ4n) is 9.44. The highest BCUT2D eigenvalue weighted by Gasteiger charge is 2.23. The van der Waals surface area contributed by atoms with Gasteiger partial charge >= 0.3 is 0 Å². The van der Waals surface area contributed by atoms with Crippen molar-refractivity contribution < 1.29 is 4.42 Å². The number of fused-ring (bicyclic) bond motifs is 11. The summed E-state index contributed by atoms with van der Waals surface area (Å²) in [6.07, 6.45) is 0. The van der Waals surface area contributed by atoms with Crippen molar-refractivity contribution in [2.24, 2.45) is 0 Å². The SMILES string of the molecule is c1ccc(-c2nc(-c3cccc4ccccc34)nc(-c3c4ccccc4cc4oc5ccc(-n6c7cc8ccccc8cc7c7ccc8ccccc8c76)cc5c34)n2)cc1. The van der Waals surface area contributed by atoms with Gasteiger partial charge in [-0.15, -0.1) is 0 Å². The molecule has 0 atom stereocenters. The molecule has 0 fully saturated rings. The third-order valence-corrected chi connectivity index (χ3v) is 12.2. The normalized spacial score (nSPS) is 12.0. The smallest absolute Gasteiger partial charge is 0.165 e. The van der Waals surface area contributed by atoms with Gasteiger partial charge in [0.1, 0.15) is 11.2 Å². The number of benzene rings is 10. The molecule has 0 saturated heterocycles. The van der Waals surface area contributed by atoms with Gasteiger partial charge in [-0.3, -0.25) is 0 Å². The molecule has 3 heterocycles. The second kappa shape index (κ2) is 12.7. The van der Waals surface area contributed by atoms with E-state index in [-0.39, 0.29) is 0 Å². The summed E-state index contributed by atoms with van der Waals surface area (Å²) in [5, 5.41) is 13.5. The van der Waals surface area contributed by atoms with E-state index < -0.39 is 0 Å². The first kappa shape index (κ1) is 32.9. The van der Waals surface area contributed by atoms with Crippen molar-refractivity contribution in [2.45, 2.75) is 0 Å². The number of furan rings is 1.